The zero-order valence-corrected chi connectivity index (χ0v) is 10.8. The molecule has 2 rings (SSSR count). The molecule has 0 radical (unpaired) electrons. The van der Waals surface area contributed by atoms with Crippen LogP contribution in [0.1, 0.15) is 12.8 Å². The van der Waals surface area contributed by atoms with E-state index in [1.165, 1.54) is 0 Å². The highest BCUT2D eigenvalue weighted by Crippen LogP contribution is 2.28. The number of carbonyl (C=O) groups is 1. The Balaban J connectivity index is 2.05. The number of amides is 1. The Morgan fingerprint density at radius 2 is 2.16 bits per heavy atom. The van der Waals surface area contributed by atoms with Crippen LogP contribution in [0.2, 0.25) is 5.15 Å². The summed E-state index contributed by atoms with van der Waals surface area (Å²) in [6, 6.07) is 0. The lowest BCUT2D eigenvalue weighted by Crippen LogP contribution is -2.33. The Hall–Kier alpha value is -1.96. The van der Waals surface area contributed by atoms with Crippen LogP contribution >= 0.6 is 11.6 Å². The molecule has 0 bridgehead atoms. The van der Waals surface area contributed by atoms with Gasteiger partial charge in [0, 0.05) is 13.1 Å². The molecule has 0 aromatic carbocycles. The van der Waals surface area contributed by atoms with E-state index in [1.54, 1.807) is 4.90 Å². The van der Waals surface area contributed by atoms with E-state index in [4.69, 9.17) is 11.6 Å². The summed E-state index contributed by atoms with van der Waals surface area (Å²) in [7, 11) is 0. The van der Waals surface area contributed by atoms with Crippen LogP contribution in [-0.4, -0.2) is 45.3 Å². The third-order valence-electron chi connectivity index (χ3n) is 2.83. The SMILES string of the molecule is O=C(CNc1ncnc(Cl)c1[N+](=O)[O-])N1CCCC1. The fraction of sp³-hybridized carbons (Fsp3) is 0.500. The second-order valence-corrected chi connectivity index (χ2v) is 4.42. The first-order valence-electron chi connectivity index (χ1n) is 5.76. The standard InChI is InChI=1S/C10H12ClN5O3/c11-9-8(16(18)19)10(14-6-13-9)12-5-7(17)15-3-1-2-4-15/h6H,1-5H2,(H,12,13,14). The van der Waals surface area contributed by atoms with Gasteiger partial charge < -0.3 is 10.2 Å². The Bertz CT molecular complexity index is 504. The molecule has 1 aliphatic heterocycles. The smallest absolute Gasteiger partial charge is 0.348 e. The van der Waals surface area contributed by atoms with Gasteiger partial charge in [-0.15, -0.1) is 0 Å². The second-order valence-electron chi connectivity index (χ2n) is 4.06. The molecular weight excluding hydrogens is 274 g/mol. The number of hydrogen-bond donors (Lipinski definition) is 1. The molecule has 1 amide bonds. The van der Waals surface area contributed by atoms with Crippen LogP contribution < -0.4 is 5.32 Å². The normalized spacial score (nSPS) is 14.5. The third-order valence-corrected chi connectivity index (χ3v) is 3.10. The monoisotopic (exact) mass is 285 g/mol. The summed E-state index contributed by atoms with van der Waals surface area (Å²) in [6.07, 6.45) is 3.09. The number of nitrogens with one attached hydrogen (secondary N) is 1. The van der Waals surface area contributed by atoms with Gasteiger partial charge in [0.25, 0.3) is 0 Å². The van der Waals surface area contributed by atoms with E-state index < -0.39 is 10.6 Å². The lowest BCUT2D eigenvalue weighted by atomic mass is 10.4. The zero-order valence-electron chi connectivity index (χ0n) is 10.0. The molecule has 0 saturated carbocycles. The summed E-state index contributed by atoms with van der Waals surface area (Å²) in [5, 5.41) is 13.2. The average molecular weight is 286 g/mol. The van der Waals surface area contributed by atoms with E-state index in [2.05, 4.69) is 15.3 Å². The van der Waals surface area contributed by atoms with Crippen LogP contribution in [0.15, 0.2) is 6.33 Å². The van der Waals surface area contributed by atoms with Gasteiger partial charge in [0.15, 0.2) is 0 Å². The third kappa shape index (κ3) is 3.08. The maximum absolute atomic E-state index is 11.8. The lowest BCUT2D eigenvalue weighted by Gasteiger charge is -2.15. The van der Waals surface area contributed by atoms with Crippen molar-refractivity contribution >= 4 is 29.0 Å². The average Bonchev–Trinajstić information content (AvgIpc) is 2.89. The maximum Gasteiger partial charge on any atom is 0.348 e. The number of nitro groups is 1. The first-order valence-corrected chi connectivity index (χ1v) is 6.14. The second kappa shape index (κ2) is 5.79. The molecule has 0 aliphatic carbocycles. The number of nitrogens with zero attached hydrogens (tertiary/aromatic N) is 4. The number of hydrogen-bond acceptors (Lipinski definition) is 6. The van der Waals surface area contributed by atoms with Crippen LogP contribution in [0.5, 0.6) is 0 Å². The lowest BCUT2D eigenvalue weighted by molar-refractivity contribution is -0.384. The minimum Gasteiger partial charge on any atom is -0.355 e. The highest BCUT2D eigenvalue weighted by molar-refractivity contribution is 6.31. The molecule has 102 valence electrons. The Labute approximate surface area is 113 Å². The number of aromatic nitrogens is 2. The molecule has 0 atom stereocenters. The molecule has 9 heteroatoms. The molecule has 2 heterocycles. The molecule has 8 nitrogen and oxygen atoms in total. The van der Waals surface area contributed by atoms with Gasteiger partial charge in [-0.05, 0) is 12.8 Å². The Morgan fingerprint density at radius 3 is 2.79 bits per heavy atom. The number of rotatable bonds is 4. The number of likely N-dealkylation sites (tertiary alicyclic amines) is 1. The zero-order chi connectivity index (χ0) is 13.8. The van der Waals surface area contributed by atoms with E-state index in [0.29, 0.717) is 0 Å². The van der Waals surface area contributed by atoms with E-state index in [0.717, 1.165) is 32.3 Å². The number of carbonyl (C=O) groups excluding carboxylic acids is 1. The van der Waals surface area contributed by atoms with Crippen molar-refractivity contribution in [1.29, 1.82) is 0 Å². The molecule has 19 heavy (non-hydrogen) atoms. The van der Waals surface area contributed by atoms with Crippen molar-refractivity contribution < 1.29 is 9.72 Å². The van der Waals surface area contributed by atoms with Gasteiger partial charge in [-0.3, -0.25) is 14.9 Å². The Morgan fingerprint density at radius 1 is 1.47 bits per heavy atom. The first-order chi connectivity index (χ1) is 9.09. The van der Waals surface area contributed by atoms with E-state index in [9.17, 15) is 14.9 Å². The summed E-state index contributed by atoms with van der Waals surface area (Å²) in [4.78, 5) is 31.0. The van der Waals surface area contributed by atoms with Gasteiger partial charge in [-0.25, -0.2) is 9.97 Å². The predicted molar refractivity (Wildman–Crippen MR) is 68.0 cm³/mol. The summed E-state index contributed by atoms with van der Waals surface area (Å²) in [6.45, 7) is 1.41. The van der Waals surface area contributed by atoms with Crippen molar-refractivity contribution in [3.63, 3.8) is 0 Å². The van der Waals surface area contributed by atoms with Crippen LogP contribution in [0.4, 0.5) is 11.5 Å². The van der Waals surface area contributed by atoms with Gasteiger partial charge >= 0.3 is 5.69 Å². The number of halogens is 1. The van der Waals surface area contributed by atoms with Crippen molar-refractivity contribution in [2.24, 2.45) is 0 Å². The van der Waals surface area contributed by atoms with Crippen LogP contribution in [0, 0.1) is 10.1 Å². The van der Waals surface area contributed by atoms with E-state index in [-0.39, 0.29) is 23.4 Å². The predicted octanol–water partition coefficient (Wildman–Crippen LogP) is 1.07. The van der Waals surface area contributed by atoms with Crippen molar-refractivity contribution in [3.8, 4) is 0 Å². The summed E-state index contributed by atoms with van der Waals surface area (Å²) < 4.78 is 0. The van der Waals surface area contributed by atoms with Gasteiger partial charge in [0.05, 0.1) is 11.5 Å². The quantitative estimate of drug-likeness (QED) is 0.504. The van der Waals surface area contributed by atoms with Crippen molar-refractivity contribution in [2.45, 2.75) is 12.8 Å². The van der Waals surface area contributed by atoms with Gasteiger partial charge in [0.2, 0.25) is 16.9 Å². The number of anilines is 1. The van der Waals surface area contributed by atoms with E-state index in [1.807, 2.05) is 0 Å². The molecule has 1 aromatic rings. The fourth-order valence-electron chi connectivity index (χ4n) is 1.89. The summed E-state index contributed by atoms with van der Waals surface area (Å²) in [5.41, 5.74) is -0.418. The minimum atomic E-state index is -0.676. The molecule has 1 aliphatic rings. The van der Waals surface area contributed by atoms with Crippen molar-refractivity contribution in [2.75, 3.05) is 25.0 Å². The van der Waals surface area contributed by atoms with Gasteiger partial charge in [0.1, 0.15) is 6.33 Å². The molecule has 1 fully saturated rings. The molecular formula is C10H12ClN5O3. The van der Waals surface area contributed by atoms with Crippen molar-refractivity contribution in [3.05, 3.63) is 21.6 Å². The first kappa shape index (κ1) is 13.5. The highest BCUT2D eigenvalue weighted by atomic mass is 35.5. The van der Waals surface area contributed by atoms with Crippen LogP contribution in [0.25, 0.3) is 0 Å². The molecule has 0 unspecified atom stereocenters. The molecule has 1 saturated heterocycles. The van der Waals surface area contributed by atoms with Crippen molar-refractivity contribution in [1.82, 2.24) is 14.9 Å². The highest BCUT2D eigenvalue weighted by Gasteiger charge is 2.23. The summed E-state index contributed by atoms with van der Waals surface area (Å²) >= 11 is 5.64. The molecule has 1 N–H and O–H groups in total. The minimum absolute atomic E-state index is 0.0439. The van der Waals surface area contributed by atoms with E-state index >= 15 is 0 Å². The largest absolute Gasteiger partial charge is 0.355 e. The molecule has 1 aromatic heterocycles. The topological polar surface area (TPSA) is 101 Å². The maximum atomic E-state index is 11.8. The van der Waals surface area contributed by atoms with Gasteiger partial charge in [-0.2, -0.15) is 0 Å². The summed E-state index contributed by atoms with van der Waals surface area (Å²) in [5.74, 6) is -0.154. The van der Waals surface area contributed by atoms with Crippen LogP contribution in [0.3, 0.4) is 0 Å². The van der Waals surface area contributed by atoms with Gasteiger partial charge in [-0.1, -0.05) is 11.6 Å². The Kier molecular flexibility index (Phi) is 4.10. The fourth-order valence-corrected chi connectivity index (χ4v) is 2.09. The van der Waals surface area contributed by atoms with Crippen LogP contribution in [-0.2, 0) is 4.79 Å². The molecule has 0 spiro atoms.